The molecule has 5 heteroatoms. The molecule has 0 radical (unpaired) electrons. The van der Waals surface area contributed by atoms with Gasteiger partial charge >= 0.3 is 0 Å². The largest absolute Gasteiger partial charge is 0.368 e. The maximum absolute atomic E-state index is 5.94. The van der Waals surface area contributed by atoms with Crippen molar-refractivity contribution in [1.29, 1.82) is 0 Å². The molecular weight excluding hydrogens is 166 g/mol. The predicted octanol–water partition coefficient (Wildman–Crippen LogP) is -0.00790. The van der Waals surface area contributed by atoms with Crippen LogP contribution in [0, 0.1) is 0 Å². The minimum Gasteiger partial charge on any atom is -0.368 e. The molecule has 13 heavy (non-hydrogen) atoms. The molecule has 2 rings (SSSR count). The summed E-state index contributed by atoms with van der Waals surface area (Å²) in [5, 5.41) is 4.24. The van der Waals surface area contributed by atoms with Crippen LogP contribution in [0.5, 0.6) is 0 Å². The van der Waals surface area contributed by atoms with E-state index in [1.807, 2.05) is 0 Å². The first-order chi connectivity index (χ1) is 6.18. The highest BCUT2D eigenvalue weighted by atomic mass is 15.4. The summed E-state index contributed by atoms with van der Waals surface area (Å²) in [5.74, 6) is 1.59. The highest BCUT2D eigenvalue weighted by molar-refractivity contribution is 5.18. The Hall–Kier alpha value is -1.10. The van der Waals surface area contributed by atoms with E-state index < -0.39 is 0 Å². The highest BCUT2D eigenvalue weighted by Crippen LogP contribution is 2.31. The molecule has 1 saturated carbocycles. The molecular formula is C8H15N5. The molecule has 1 aromatic heterocycles. The van der Waals surface area contributed by atoms with Crippen molar-refractivity contribution in [1.82, 2.24) is 14.8 Å². The third-order valence-corrected chi connectivity index (χ3v) is 2.71. The van der Waals surface area contributed by atoms with Crippen molar-refractivity contribution in [2.45, 2.75) is 31.2 Å². The van der Waals surface area contributed by atoms with Crippen LogP contribution in [0.1, 0.15) is 31.0 Å². The zero-order valence-electron chi connectivity index (χ0n) is 7.77. The Bertz CT molecular complexity index is 286. The lowest BCUT2D eigenvalue weighted by atomic mass is 10.0. The molecule has 1 aliphatic carbocycles. The van der Waals surface area contributed by atoms with Gasteiger partial charge in [0.1, 0.15) is 0 Å². The summed E-state index contributed by atoms with van der Waals surface area (Å²) in [6.45, 7) is 0. The molecule has 1 aliphatic rings. The van der Waals surface area contributed by atoms with Crippen molar-refractivity contribution in [3.8, 4) is 0 Å². The number of hydrogen-bond donors (Lipinski definition) is 2. The van der Waals surface area contributed by atoms with Crippen molar-refractivity contribution in [3.05, 3.63) is 5.82 Å². The normalized spacial score (nSPS) is 28.2. The van der Waals surface area contributed by atoms with Crippen molar-refractivity contribution in [3.63, 3.8) is 0 Å². The second kappa shape index (κ2) is 2.99. The second-order valence-corrected chi connectivity index (χ2v) is 3.65. The fourth-order valence-corrected chi connectivity index (χ4v) is 1.88. The summed E-state index contributed by atoms with van der Waals surface area (Å²) < 4.78 is 1.60. The van der Waals surface area contributed by atoms with Gasteiger partial charge in [0.05, 0.1) is 0 Å². The molecule has 0 bridgehead atoms. The third-order valence-electron chi connectivity index (χ3n) is 2.71. The Morgan fingerprint density at radius 2 is 2.23 bits per heavy atom. The topological polar surface area (TPSA) is 82.8 Å². The second-order valence-electron chi connectivity index (χ2n) is 3.65. The van der Waals surface area contributed by atoms with Crippen LogP contribution in [0.15, 0.2) is 0 Å². The number of nitrogen functional groups attached to an aromatic ring is 1. The lowest BCUT2D eigenvalue weighted by Crippen LogP contribution is -2.23. The maximum atomic E-state index is 5.94. The van der Waals surface area contributed by atoms with Gasteiger partial charge in [-0.3, -0.25) is 0 Å². The fraction of sp³-hybridized carbons (Fsp3) is 0.750. The molecule has 1 fully saturated rings. The minimum absolute atomic E-state index is 0.210. The fourth-order valence-electron chi connectivity index (χ4n) is 1.88. The number of aromatic nitrogens is 3. The standard InChI is InChI=1S/C8H15N5/c1-13-8(10)11-7(12-13)5-3-2-4-6(5)9/h5-6H,2-4,9H2,1H3,(H2,10,11,12). The summed E-state index contributed by atoms with van der Waals surface area (Å²) in [7, 11) is 1.80. The summed E-state index contributed by atoms with van der Waals surface area (Å²) in [4.78, 5) is 4.19. The minimum atomic E-state index is 0.210. The molecule has 0 saturated heterocycles. The Morgan fingerprint density at radius 3 is 2.69 bits per heavy atom. The molecule has 72 valence electrons. The average Bonchev–Trinajstić information content (AvgIpc) is 2.60. The van der Waals surface area contributed by atoms with E-state index in [0.29, 0.717) is 11.9 Å². The van der Waals surface area contributed by atoms with Crippen molar-refractivity contribution in [2.75, 3.05) is 5.73 Å². The molecule has 0 amide bonds. The number of nitrogens with zero attached hydrogens (tertiary/aromatic N) is 3. The van der Waals surface area contributed by atoms with Gasteiger partial charge in [0.2, 0.25) is 5.95 Å². The van der Waals surface area contributed by atoms with Gasteiger partial charge < -0.3 is 11.5 Å². The number of anilines is 1. The summed E-state index contributed by atoms with van der Waals surface area (Å²) in [5.41, 5.74) is 11.5. The van der Waals surface area contributed by atoms with E-state index in [4.69, 9.17) is 11.5 Å². The summed E-state index contributed by atoms with van der Waals surface area (Å²) >= 11 is 0. The molecule has 2 atom stereocenters. The van der Waals surface area contributed by atoms with Crippen LogP contribution in [0.25, 0.3) is 0 Å². The van der Waals surface area contributed by atoms with Gasteiger partial charge in [0, 0.05) is 19.0 Å². The van der Waals surface area contributed by atoms with Gasteiger partial charge in [-0.15, -0.1) is 0 Å². The molecule has 0 aromatic carbocycles. The monoisotopic (exact) mass is 181 g/mol. The number of nitrogens with two attached hydrogens (primary N) is 2. The van der Waals surface area contributed by atoms with Crippen LogP contribution in [0.2, 0.25) is 0 Å². The summed E-state index contributed by atoms with van der Waals surface area (Å²) in [6.07, 6.45) is 3.33. The predicted molar refractivity (Wildman–Crippen MR) is 50.0 cm³/mol. The first-order valence-electron chi connectivity index (χ1n) is 4.60. The van der Waals surface area contributed by atoms with Crippen molar-refractivity contribution < 1.29 is 0 Å². The summed E-state index contributed by atoms with van der Waals surface area (Å²) in [6, 6.07) is 0.210. The van der Waals surface area contributed by atoms with E-state index in [1.165, 1.54) is 6.42 Å². The zero-order valence-corrected chi connectivity index (χ0v) is 7.77. The molecule has 4 N–H and O–H groups in total. The first-order valence-corrected chi connectivity index (χ1v) is 4.60. The Kier molecular flexibility index (Phi) is 1.95. The van der Waals surface area contributed by atoms with E-state index in [2.05, 4.69) is 10.1 Å². The van der Waals surface area contributed by atoms with Crippen LogP contribution in [0.4, 0.5) is 5.95 Å². The molecule has 5 nitrogen and oxygen atoms in total. The molecule has 2 unspecified atom stereocenters. The van der Waals surface area contributed by atoms with Gasteiger partial charge in [-0.25, -0.2) is 4.68 Å². The zero-order chi connectivity index (χ0) is 9.42. The van der Waals surface area contributed by atoms with Crippen LogP contribution in [0.3, 0.4) is 0 Å². The Balaban J connectivity index is 2.24. The highest BCUT2D eigenvalue weighted by Gasteiger charge is 2.28. The lowest BCUT2D eigenvalue weighted by molar-refractivity contribution is 0.574. The van der Waals surface area contributed by atoms with Crippen LogP contribution < -0.4 is 11.5 Å². The quantitative estimate of drug-likeness (QED) is 0.638. The average molecular weight is 181 g/mol. The number of rotatable bonds is 1. The Morgan fingerprint density at radius 1 is 1.46 bits per heavy atom. The van der Waals surface area contributed by atoms with E-state index >= 15 is 0 Å². The van der Waals surface area contributed by atoms with E-state index in [-0.39, 0.29) is 6.04 Å². The van der Waals surface area contributed by atoms with Gasteiger partial charge in [0.15, 0.2) is 5.82 Å². The smallest absolute Gasteiger partial charge is 0.218 e. The molecule has 1 heterocycles. The van der Waals surface area contributed by atoms with Crippen molar-refractivity contribution >= 4 is 5.95 Å². The van der Waals surface area contributed by atoms with Crippen LogP contribution in [-0.2, 0) is 7.05 Å². The van der Waals surface area contributed by atoms with Gasteiger partial charge in [0.25, 0.3) is 0 Å². The SMILES string of the molecule is Cn1nc(C2CCCC2N)nc1N. The van der Waals surface area contributed by atoms with E-state index in [9.17, 15) is 0 Å². The third kappa shape index (κ3) is 1.39. The number of hydrogen-bond acceptors (Lipinski definition) is 4. The van der Waals surface area contributed by atoms with Gasteiger partial charge in [-0.1, -0.05) is 6.42 Å². The van der Waals surface area contributed by atoms with E-state index in [1.54, 1.807) is 11.7 Å². The molecule has 0 spiro atoms. The van der Waals surface area contributed by atoms with Crippen LogP contribution >= 0.6 is 0 Å². The van der Waals surface area contributed by atoms with E-state index in [0.717, 1.165) is 18.7 Å². The lowest BCUT2D eigenvalue weighted by Gasteiger charge is -2.09. The van der Waals surface area contributed by atoms with Crippen LogP contribution in [-0.4, -0.2) is 20.8 Å². The maximum Gasteiger partial charge on any atom is 0.218 e. The van der Waals surface area contributed by atoms with Crippen molar-refractivity contribution in [2.24, 2.45) is 12.8 Å². The molecule has 0 aliphatic heterocycles. The first kappa shape index (κ1) is 8.50. The van der Waals surface area contributed by atoms with Gasteiger partial charge in [-0.2, -0.15) is 10.1 Å². The number of aryl methyl sites for hydroxylation is 1. The molecule has 1 aromatic rings. The van der Waals surface area contributed by atoms with Gasteiger partial charge in [-0.05, 0) is 12.8 Å². The Labute approximate surface area is 77.1 Å².